The van der Waals surface area contributed by atoms with Gasteiger partial charge in [0.15, 0.2) is 0 Å². The highest BCUT2D eigenvalue weighted by Crippen LogP contribution is 2.29. The molecule has 2 rings (SSSR count). The van der Waals surface area contributed by atoms with Crippen molar-refractivity contribution in [2.45, 2.75) is 19.8 Å². The monoisotopic (exact) mass is 328 g/mol. The molecule has 2 aromatic rings. The molecule has 0 saturated carbocycles. The van der Waals surface area contributed by atoms with E-state index in [-0.39, 0.29) is 17.1 Å². The van der Waals surface area contributed by atoms with Gasteiger partial charge in [-0.2, -0.15) is 5.10 Å². The van der Waals surface area contributed by atoms with Gasteiger partial charge < -0.3 is 0 Å². The number of hydrogen-bond acceptors (Lipinski definition) is 6. The molecule has 8 heteroatoms. The molecule has 0 aliphatic rings. The summed E-state index contributed by atoms with van der Waals surface area (Å²) >= 11 is 0. The molecule has 0 bridgehead atoms. The Kier molecular flexibility index (Phi) is 5.56. The minimum atomic E-state index is -0.674. The van der Waals surface area contributed by atoms with Crippen LogP contribution < -0.4 is 5.43 Å². The van der Waals surface area contributed by atoms with Crippen molar-refractivity contribution in [2.75, 3.05) is 5.43 Å². The van der Waals surface area contributed by atoms with Crippen LogP contribution in [0.15, 0.2) is 53.6 Å². The first-order valence-corrected chi connectivity index (χ1v) is 7.29. The van der Waals surface area contributed by atoms with E-state index in [0.717, 1.165) is 17.3 Å². The molecule has 0 aromatic heterocycles. The number of nitro groups is 2. The van der Waals surface area contributed by atoms with Crippen molar-refractivity contribution in [3.8, 4) is 0 Å². The molecule has 24 heavy (non-hydrogen) atoms. The number of non-ortho nitro benzene ring substituents is 1. The Bertz CT molecular complexity index is 775. The molecule has 124 valence electrons. The molecular weight excluding hydrogens is 312 g/mol. The van der Waals surface area contributed by atoms with Crippen LogP contribution in [0.2, 0.25) is 0 Å². The Morgan fingerprint density at radius 3 is 2.38 bits per heavy atom. The zero-order chi connectivity index (χ0) is 17.5. The van der Waals surface area contributed by atoms with Crippen molar-refractivity contribution in [1.29, 1.82) is 0 Å². The zero-order valence-electron chi connectivity index (χ0n) is 13.0. The quantitative estimate of drug-likeness (QED) is 0.470. The molecule has 0 unspecified atom stereocenters. The lowest BCUT2D eigenvalue weighted by molar-refractivity contribution is -0.393. The molecule has 0 radical (unpaired) electrons. The fourth-order valence-corrected chi connectivity index (χ4v) is 2.09. The first-order chi connectivity index (χ1) is 11.5. The van der Waals surface area contributed by atoms with Gasteiger partial charge in [-0.25, -0.2) is 0 Å². The average Bonchev–Trinajstić information content (AvgIpc) is 2.59. The average molecular weight is 328 g/mol. The van der Waals surface area contributed by atoms with E-state index in [9.17, 15) is 20.2 Å². The molecule has 0 spiro atoms. The molecule has 2 aromatic carbocycles. The number of benzene rings is 2. The molecule has 0 atom stereocenters. The van der Waals surface area contributed by atoms with Gasteiger partial charge in [0.1, 0.15) is 5.69 Å². The number of hydrazone groups is 1. The number of rotatable bonds is 7. The van der Waals surface area contributed by atoms with Crippen LogP contribution in [0.4, 0.5) is 17.1 Å². The largest absolute Gasteiger partial charge is 0.301 e. The Morgan fingerprint density at radius 2 is 1.79 bits per heavy atom. The molecule has 0 aliphatic carbocycles. The van der Waals surface area contributed by atoms with E-state index >= 15 is 0 Å². The van der Waals surface area contributed by atoms with Crippen molar-refractivity contribution in [2.24, 2.45) is 5.10 Å². The van der Waals surface area contributed by atoms with Gasteiger partial charge in [0, 0.05) is 18.2 Å². The second kappa shape index (κ2) is 7.82. The minimum absolute atomic E-state index is 0.115. The topological polar surface area (TPSA) is 111 Å². The van der Waals surface area contributed by atoms with Crippen LogP contribution >= 0.6 is 0 Å². The van der Waals surface area contributed by atoms with Gasteiger partial charge in [0.25, 0.3) is 5.69 Å². The number of anilines is 1. The second-order valence-electron chi connectivity index (χ2n) is 5.02. The molecule has 0 aliphatic heterocycles. The maximum absolute atomic E-state index is 11.1. The Morgan fingerprint density at radius 1 is 1.08 bits per heavy atom. The summed E-state index contributed by atoms with van der Waals surface area (Å²) in [4.78, 5) is 20.5. The van der Waals surface area contributed by atoms with Crippen LogP contribution in [0.5, 0.6) is 0 Å². The van der Waals surface area contributed by atoms with Crippen molar-refractivity contribution in [1.82, 2.24) is 0 Å². The van der Waals surface area contributed by atoms with Crippen LogP contribution in [0.1, 0.15) is 18.9 Å². The molecule has 0 heterocycles. The molecule has 0 saturated heterocycles. The third-order valence-corrected chi connectivity index (χ3v) is 3.38. The smallest absolute Gasteiger partial charge is 0.272 e. The lowest BCUT2D eigenvalue weighted by Crippen LogP contribution is -2.06. The molecule has 8 nitrogen and oxygen atoms in total. The third kappa shape index (κ3) is 4.35. The Labute approximate surface area is 138 Å². The normalized spacial score (nSPS) is 11.1. The van der Waals surface area contributed by atoms with Gasteiger partial charge in [0.2, 0.25) is 0 Å². The van der Waals surface area contributed by atoms with Crippen LogP contribution in [0, 0.1) is 20.2 Å². The zero-order valence-corrected chi connectivity index (χ0v) is 13.0. The van der Waals surface area contributed by atoms with Gasteiger partial charge in [-0.05, 0) is 18.1 Å². The van der Waals surface area contributed by atoms with E-state index in [1.807, 2.05) is 37.3 Å². The minimum Gasteiger partial charge on any atom is -0.272 e. The van der Waals surface area contributed by atoms with E-state index < -0.39 is 9.85 Å². The van der Waals surface area contributed by atoms with Crippen LogP contribution in [0.25, 0.3) is 0 Å². The standard InChI is InChI=1S/C16H16N4O4/c1-2-13(10-12-6-4-3-5-7-12)17-18-15-9-8-14(19(21)22)11-16(15)20(23)24/h3-9,11,18H,2,10H2,1H3. The summed E-state index contributed by atoms with van der Waals surface area (Å²) in [6.45, 7) is 1.94. The predicted octanol–water partition coefficient (Wildman–Crippen LogP) is 3.92. The fourth-order valence-electron chi connectivity index (χ4n) is 2.09. The summed E-state index contributed by atoms with van der Waals surface area (Å²) in [5.74, 6) is 0. The summed E-state index contributed by atoms with van der Waals surface area (Å²) in [7, 11) is 0. The van der Waals surface area contributed by atoms with E-state index in [1.54, 1.807) is 0 Å². The van der Waals surface area contributed by atoms with Gasteiger partial charge in [-0.15, -0.1) is 0 Å². The van der Waals surface area contributed by atoms with E-state index in [4.69, 9.17) is 0 Å². The molecule has 0 amide bonds. The molecule has 0 fully saturated rings. The number of nitro benzene ring substituents is 2. The van der Waals surface area contributed by atoms with Crippen molar-refractivity contribution >= 4 is 22.8 Å². The van der Waals surface area contributed by atoms with E-state index in [0.29, 0.717) is 12.8 Å². The van der Waals surface area contributed by atoms with Gasteiger partial charge in [-0.3, -0.25) is 25.7 Å². The molecule has 1 N–H and O–H groups in total. The highest BCUT2D eigenvalue weighted by Gasteiger charge is 2.19. The fraction of sp³-hybridized carbons (Fsp3) is 0.188. The predicted molar refractivity (Wildman–Crippen MR) is 91.2 cm³/mol. The molecular formula is C16H16N4O4. The van der Waals surface area contributed by atoms with Gasteiger partial charge >= 0.3 is 5.69 Å². The summed E-state index contributed by atoms with van der Waals surface area (Å²) in [6.07, 6.45) is 1.29. The van der Waals surface area contributed by atoms with Crippen LogP contribution in [0.3, 0.4) is 0 Å². The lowest BCUT2D eigenvalue weighted by Gasteiger charge is -2.06. The Balaban J connectivity index is 2.22. The van der Waals surface area contributed by atoms with E-state index in [1.165, 1.54) is 12.1 Å². The maximum Gasteiger partial charge on any atom is 0.301 e. The van der Waals surface area contributed by atoms with Crippen LogP contribution in [-0.4, -0.2) is 15.6 Å². The van der Waals surface area contributed by atoms with Crippen molar-refractivity contribution in [3.05, 3.63) is 74.3 Å². The van der Waals surface area contributed by atoms with Crippen LogP contribution in [-0.2, 0) is 6.42 Å². The summed E-state index contributed by atoms with van der Waals surface area (Å²) in [5, 5.41) is 26.1. The lowest BCUT2D eigenvalue weighted by atomic mass is 10.1. The van der Waals surface area contributed by atoms with Gasteiger partial charge in [0.05, 0.1) is 15.9 Å². The van der Waals surface area contributed by atoms with Crippen molar-refractivity contribution in [3.63, 3.8) is 0 Å². The summed E-state index contributed by atoms with van der Waals surface area (Å²) < 4.78 is 0. The van der Waals surface area contributed by atoms with Gasteiger partial charge in [-0.1, -0.05) is 37.3 Å². The van der Waals surface area contributed by atoms with E-state index in [2.05, 4.69) is 10.5 Å². The Hall–Kier alpha value is -3.29. The first-order valence-electron chi connectivity index (χ1n) is 7.29. The number of nitrogens with one attached hydrogen (secondary N) is 1. The number of hydrogen-bond donors (Lipinski definition) is 1. The summed E-state index contributed by atoms with van der Waals surface area (Å²) in [6, 6.07) is 13.1. The number of nitrogens with zero attached hydrogens (tertiary/aromatic N) is 3. The SMILES string of the molecule is CCC(Cc1ccccc1)=NNc1ccc([N+](=O)[O-])cc1[N+](=O)[O-]. The summed E-state index contributed by atoms with van der Waals surface area (Å²) in [5.41, 5.74) is 3.94. The maximum atomic E-state index is 11.1. The third-order valence-electron chi connectivity index (χ3n) is 3.38. The first kappa shape index (κ1) is 17.1. The highest BCUT2D eigenvalue weighted by atomic mass is 16.6. The van der Waals surface area contributed by atoms with Crippen molar-refractivity contribution < 1.29 is 9.85 Å². The highest BCUT2D eigenvalue weighted by molar-refractivity contribution is 5.87. The second-order valence-corrected chi connectivity index (χ2v) is 5.02.